The number of carboxylic acid groups (broad SMARTS) is 1. The molecule has 0 saturated carbocycles. The third kappa shape index (κ3) is 4.45. The van der Waals surface area contributed by atoms with Gasteiger partial charge in [-0.25, -0.2) is 4.79 Å². The SMILES string of the molecule is CC(=O)Nc1nnc(C2=C(C(=O)O)N3C(=O)C(NC(=O)CNc4ccc(O)cc4)[C@H]3SC2)o1. The number of hydrogen-bond donors (Lipinski definition) is 5. The number of hydrogen-bond acceptors (Lipinski definition) is 10. The van der Waals surface area contributed by atoms with E-state index in [9.17, 15) is 29.4 Å². The van der Waals surface area contributed by atoms with Crippen molar-refractivity contribution in [1.29, 1.82) is 0 Å². The van der Waals surface area contributed by atoms with Crippen LogP contribution in [0, 0.1) is 0 Å². The highest BCUT2D eigenvalue weighted by Crippen LogP contribution is 2.43. The van der Waals surface area contributed by atoms with Gasteiger partial charge in [0.25, 0.3) is 5.91 Å². The molecular weight excluding hydrogens is 456 g/mol. The van der Waals surface area contributed by atoms with Crippen LogP contribution in [0.3, 0.4) is 0 Å². The molecule has 1 aromatic heterocycles. The predicted molar refractivity (Wildman–Crippen MR) is 115 cm³/mol. The number of aliphatic carboxylic acids is 1. The summed E-state index contributed by atoms with van der Waals surface area (Å²) in [5.41, 5.74) is 0.435. The molecule has 14 heteroatoms. The van der Waals surface area contributed by atoms with E-state index in [0.717, 1.165) is 4.90 Å². The van der Waals surface area contributed by atoms with Crippen molar-refractivity contribution in [2.75, 3.05) is 22.9 Å². The van der Waals surface area contributed by atoms with Crippen LogP contribution in [0.5, 0.6) is 5.75 Å². The lowest BCUT2D eigenvalue weighted by Gasteiger charge is -2.49. The van der Waals surface area contributed by atoms with E-state index in [1.54, 1.807) is 12.1 Å². The lowest BCUT2D eigenvalue weighted by atomic mass is 10.0. The molecule has 5 N–H and O–H groups in total. The normalized spacial score (nSPS) is 19.4. The van der Waals surface area contributed by atoms with Crippen molar-refractivity contribution in [2.45, 2.75) is 18.3 Å². The fourth-order valence-electron chi connectivity index (χ4n) is 3.32. The second-order valence-corrected chi connectivity index (χ2v) is 8.19. The monoisotopic (exact) mass is 474 g/mol. The molecule has 1 fully saturated rings. The Labute approximate surface area is 190 Å². The molecule has 4 rings (SSSR count). The zero-order chi connectivity index (χ0) is 23.7. The molecule has 33 heavy (non-hydrogen) atoms. The summed E-state index contributed by atoms with van der Waals surface area (Å²) in [4.78, 5) is 49.2. The van der Waals surface area contributed by atoms with Gasteiger partial charge in [-0.3, -0.25) is 24.6 Å². The van der Waals surface area contributed by atoms with Crippen LogP contribution in [0.4, 0.5) is 11.7 Å². The Balaban J connectivity index is 1.44. The molecule has 0 aliphatic carbocycles. The molecule has 1 unspecified atom stereocenters. The van der Waals surface area contributed by atoms with Gasteiger partial charge in [0.15, 0.2) is 0 Å². The highest BCUT2D eigenvalue weighted by Gasteiger charge is 2.54. The zero-order valence-corrected chi connectivity index (χ0v) is 17.9. The van der Waals surface area contributed by atoms with Crippen molar-refractivity contribution in [3.63, 3.8) is 0 Å². The van der Waals surface area contributed by atoms with E-state index in [-0.39, 0.29) is 41.2 Å². The molecule has 172 valence electrons. The maximum Gasteiger partial charge on any atom is 0.353 e. The van der Waals surface area contributed by atoms with Gasteiger partial charge in [-0.2, -0.15) is 0 Å². The predicted octanol–water partition coefficient (Wildman–Crippen LogP) is 0.0413. The van der Waals surface area contributed by atoms with E-state index in [1.165, 1.54) is 30.8 Å². The highest BCUT2D eigenvalue weighted by atomic mass is 32.2. The Morgan fingerprint density at radius 1 is 1.24 bits per heavy atom. The van der Waals surface area contributed by atoms with E-state index in [4.69, 9.17) is 4.42 Å². The van der Waals surface area contributed by atoms with Gasteiger partial charge in [0.1, 0.15) is 22.9 Å². The van der Waals surface area contributed by atoms with Gasteiger partial charge < -0.3 is 25.3 Å². The van der Waals surface area contributed by atoms with E-state index in [2.05, 4.69) is 26.1 Å². The first-order valence-electron chi connectivity index (χ1n) is 9.59. The van der Waals surface area contributed by atoms with Crippen molar-refractivity contribution in [2.24, 2.45) is 0 Å². The number of thioether (sulfide) groups is 1. The number of β-lactam (4-membered cyclic amide) rings is 1. The van der Waals surface area contributed by atoms with E-state index < -0.39 is 35.1 Å². The molecule has 0 spiro atoms. The number of nitrogens with zero attached hydrogens (tertiary/aromatic N) is 3. The lowest BCUT2D eigenvalue weighted by molar-refractivity contribution is -0.150. The van der Waals surface area contributed by atoms with E-state index in [0.29, 0.717) is 5.69 Å². The van der Waals surface area contributed by atoms with Gasteiger partial charge in [0.2, 0.25) is 17.7 Å². The maximum atomic E-state index is 12.7. The molecule has 2 aliphatic rings. The summed E-state index contributed by atoms with van der Waals surface area (Å²) in [6.07, 6.45) is 0. The van der Waals surface area contributed by atoms with Gasteiger partial charge in [-0.05, 0) is 24.3 Å². The standard InChI is InChI=1S/C19H18N6O7S/c1-8(26)21-19-24-23-15(32-19)11-7-33-17-13(16(29)25(17)14(11)18(30)31)22-12(28)6-20-9-2-4-10(27)5-3-9/h2-5,13,17,20,27H,6-7H2,1H3,(H,22,28)(H,30,31)(H,21,24,26)/t13?,17-/m1/s1. The summed E-state index contributed by atoms with van der Waals surface area (Å²) in [5, 5.41) is 33.6. The molecule has 1 saturated heterocycles. The number of fused-ring (bicyclic) bond motifs is 1. The molecule has 1 aromatic carbocycles. The zero-order valence-electron chi connectivity index (χ0n) is 17.1. The minimum atomic E-state index is -1.36. The van der Waals surface area contributed by atoms with Crippen LogP contribution in [0.25, 0.3) is 5.57 Å². The molecule has 3 heterocycles. The number of aromatic hydroxyl groups is 1. The van der Waals surface area contributed by atoms with Gasteiger partial charge in [0, 0.05) is 18.4 Å². The van der Waals surface area contributed by atoms with Crippen LogP contribution in [0.2, 0.25) is 0 Å². The first-order valence-corrected chi connectivity index (χ1v) is 10.6. The maximum absolute atomic E-state index is 12.7. The Bertz CT molecular complexity index is 1160. The number of benzene rings is 1. The second kappa shape index (κ2) is 8.82. The Morgan fingerprint density at radius 2 is 1.97 bits per heavy atom. The largest absolute Gasteiger partial charge is 0.508 e. The summed E-state index contributed by atoms with van der Waals surface area (Å²) in [7, 11) is 0. The molecule has 2 aromatic rings. The summed E-state index contributed by atoms with van der Waals surface area (Å²) < 4.78 is 5.31. The van der Waals surface area contributed by atoms with Gasteiger partial charge >= 0.3 is 12.0 Å². The molecule has 13 nitrogen and oxygen atoms in total. The number of rotatable bonds is 7. The number of amides is 3. The number of phenols is 1. The number of carboxylic acids is 1. The van der Waals surface area contributed by atoms with Crippen LogP contribution in [-0.2, 0) is 19.2 Å². The summed E-state index contributed by atoms with van der Waals surface area (Å²) in [5.74, 6) is -2.73. The number of nitrogens with one attached hydrogen (secondary N) is 3. The summed E-state index contributed by atoms with van der Waals surface area (Å²) in [6.45, 7) is 1.13. The molecule has 2 atom stereocenters. The van der Waals surface area contributed by atoms with Crippen LogP contribution in [0.1, 0.15) is 12.8 Å². The van der Waals surface area contributed by atoms with E-state index in [1.807, 2.05) is 0 Å². The number of carbonyl (C=O) groups is 4. The van der Waals surface area contributed by atoms with E-state index >= 15 is 0 Å². The van der Waals surface area contributed by atoms with Gasteiger partial charge in [-0.15, -0.1) is 16.9 Å². The number of anilines is 2. The lowest BCUT2D eigenvalue weighted by Crippen LogP contribution is -2.70. The first kappa shape index (κ1) is 22.1. The molecule has 0 radical (unpaired) electrons. The molecular formula is C19H18N6O7S. The first-order chi connectivity index (χ1) is 15.7. The van der Waals surface area contributed by atoms with Crippen molar-refractivity contribution < 1.29 is 33.8 Å². The molecule has 0 bridgehead atoms. The van der Waals surface area contributed by atoms with Gasteiger partial charge in [0.05, 0.1) is 12.1 Å². The molecule has 3 amide bonds. The summed E-state index contributed by atoms with van der Waals surface area (Å²) >= 11 is 1.24. The Kier molecular flexibility index (Phi) is 5.91. The van der Waals surface area contributed by atoms with Crippen LogP contribution in [0.15, 0.2) is 34.4 Å². The van der Waals surface area contributed by atoms with Crippen LogP contribution in [-0.4, -0.2) is 72.7 Å². The number of carbonyl (C=O) groups excluding carboxylic acids is 3. The number of aromatic nitrogens is 2. The minimum absolute atomic E-state index is 0.0907. The minimum Gasteiger partial charge on any atom is -0.508 e. The number of phenolic OH excluding ortho intramolecular Hbond substituents is 1. The average molecular weight is 474 g/mol. The van der Waals surface area contributed by atoms with Gasteiger partial charge in [-0.1, -0.05) is 5.10 Å². The van der Waals surface area contributed by atoms with Crippen molar-refractivity contribution in [1.82, 2.24) is 20.4 Å². The van der Waals surface area contributed by atoms with Crippen molar-refractivity contribution in [3.8, 4) is 5.75 Å². The topological polar surface area (TPSA) is 187 Å². The fraction of sp³-hybridized carbons (Fsp3) is 0.263. The van der Waals surface area contributed by atoms with Crippen LogP contribution < -0.4 is 16.0 Å². The summed E-state index contributed by atoms with van der Waals surface area (Å²) in [6, 6.07) is 5.03. The van der Waals surface area contributed by atoms with Crippen molar-refractivity contribution >= 4 is 52.7 Å². The Morgan fingerprint density at radius 3 is 2.64 bits per heavy atom. The second-order valence-electron chi connectivity index (χ2n) is 7.08. The molecule has 2 aliphatic heterocycles. The third-order valence-corrected chi connectivity index (χ3v) is 6.05. The third-order valence-electron chi connectivity index (χ3n) is 4.77. The Hall–Kier alpha value is -4.07. The fourth-order valence-corrected chi connectivity index (χ4v) is 4.65. The highest BCUT2D eigenvalue weighted by molar-refractivity contribution is 8.00. The average Bonchev–Trinajstić information content (AvgIpc) is 3.23. The van der Waals surface area contributed by atoms with Crippen molar-refractivity contribution in [3.05, 3.63) is 35.9 Å². The smallest absolute Gasteiger partial charge is 0.353 e. The quantitative estimate of drug-likeness (QED) is 0.269. The van der Waals surface area contributed by atoms with Crippen LogP contribution >= 0.6 is 11.8 Å².